The Labute approximate surface area is 182 Å². The molecule has 2 aromatic carbocycles. The Morgan fingerprint density at radius 2 is 1.63 bits per heavy atom. The monoisotopic (exact) mass is 429 g/mol. The zero-order valence-electron chi connectivity index (χ0n) is 17.6. The fourth-order valence-electron chi connectivity index (χ4n) is 2.53. The standard InChI is InChI=1S/C22H27N3O4S/c1-5-16(4)29-18-8-6-17(7-9-18)21(27)23-22(30)25-24-20(26)13-28-19-11-14(2)10-15(3)12-19/h6-12,16H,5,13H2,1-4H3,(H,24,26)(H2,23,25,27,30). The highest BCUT2D eigenvalue weighted by Crippen LogP contribution is 2.16. The molecule has 0 bridgehead atoms. The van der Waals surface area contributed by atoms with Crippen LogP contribution in [0.1, 0.15) is 41.8 Å². The molecule has 7 nitrogen and oxygen atoms in total. The van der Waals surface area contributed by atoms with E-state index in [0.717, 1.165) is 17.5 Å². The first-order chi connectivity index (χ1) is 14.3. The largest absolute Gasteiger partial charge is 0.491 e. The summed E-state index contributed by atoms with van der Waals surface area (Å²) < 4.78 is 11.1. The summed E-state index contributed by atoms with van der Waals surface area (Å²) in [6.45, 7) is 7.73. The summed E-state index contributed by atoms with van der Waals surface area (Å²) in [5.41, 5.74) is 7.38. The summed E-state index contributed by atoms with van der Waals surface area (Å²) in [4.78, 5) is 24.2. The third kappa shape index (κ3) is 7.71. The number of hydrogen-bond acceptors (Lipinski definition) is 5. The molecule has 8 heteroatoms. The number of carbonyl (C=O) groups is 2. The first-order valence-corrected chi connectivity index (χ1v) is 10.1. The van der Waals surface area contributed by atoms with E-state index in [0.29, 0.717) is 17.1 Å². The summed E-state index contributed by atoms with van der Waals surface area (Å²) in [6, 6.07) is 12.4. The summed E-state index contributed by atoms with van der Waals surface area (Å²) >= 11 is 5.04. The second-order valence-electron chi connectivity index (χ2n) is 6.93. The zero-order valence-corrected chi connectivity index (χ0v) is 18.4. The number of benzene rings is 2. The van der Waals surface area contributed by atoms with Gasteiger partial charge in [-0.05, 0) is 86.9 Å². The van der Waals surface area contributed by atoms with Crippen LogP contribution in [0.5, 0.6) is 11.5 Å². The smallest absolute Gasteiger partial charge is 0.276 e. The lowest BCUT2D eigenvalue weighted by Crippen LogP contribution is -2.49. The maximum atomic E-state index is 12.2. The van der Waals surface area contributed by atoms with Crippen LogP contribution in [0.15, 0.2) is 42.5 Å². The summed E-state index contributed by atoms with van der Waals surface area (Å²) in [5, 5.41) is 2.47. The predicted molar refractivity (Wildman–Crippen MR) is 120 cm³/mol. The molecule has 2 amide bonds. The molecule has 0 aliphatic rings. The van der Waals surface area contributed by atoms with Crippen molar-refractivity contribution in [3.8, 4) is 11.5 Å². The second kappa shape index (κ2) is 11.2. The maximum absolute atomic E-state index is 12.2. The first-order valence-electron chi connectivity index (χ1n) is 9.64. The minimum atomic E-state index is -0.433. The van der Waals surface area contributed by atoms with E-state index in [4.69, 9.17) is 21.7 Å². The van der Waals surface area contributed by atoms with Gasteiger partial charge in [0, 0.05) is 5.56 Å². The lowest BCUT2D eigenvalue weighted by Gasteiger charge is -2.13. The van der Waals surface area contributed by atoms with Gasteiger partial charge in [-0.2, -0.15) is 0 Å². The molecule has 0 aliphatic carbocycles. The molecule has 2 aromatic rings. The van der Waals surface area contributed by atoms with Gasteiger partial charge in [-0.3, -0.25) is 25.8 Å². The van der Waals surface area contributed by atoms with Crippen molar-refractivity contribution in [3.63, 3.8) is 0 Å². The first kappa shape index (κ1) is 23.2. The average molecular weight is 430 g/mol. The number of amides is 2. The molecular formula is C22H27N3O4S. The van der Waals surface area contributed by atoms with Crippen molar-refractivity contribution in [3.05, 3.63) is 59.2 Å². The molecule has 0 fully saturated rings. The fourth-order valence-corrected chi connectivity index (χ4v) is 2.68. The molecule has 0 saturated carbocycles. The Hall–Kier alpha value is -3.13. The SMILES string of the molecule is CCC(C)Oc1ccc(C(=O)NC(=S)NNC(=O)COc2cc(C)cc(C)c2)cc1. The van der Waals surface area contributed by atoms with Crippen LogP contribution in [0.3, 0.4) is 0 Å². The van der Waals surface area contributed by atoms with E-state index in [2.05, 4.69) is 16.2 Å². The van der Waals surface area contributed by atoms with Gasteiger partial charge in [0.15, 0.2) is 11.7 Å². The van der Waals surface area contributed by atoms with Gasteiger partial charge in [0.05, 0.1) is 6.10 Å². The predicted octanol–water partition coefficient (Wildman–Crippen LogP) is 3.20. The molecule has 1 unspecified atom stereocenters. The summed E-state index contributed by atoms with van der Waals surface area (Å²) in [5.74, 6) is 0.470. The molecule has 160 valence electrons. The van der Waals surface area contributed by atoms with E-state index in [9.17, 15) is 9.59 Å². The van der Waals surface area contributed by atoms with Crippen LogP contribution < -0.4 is 25.6 Å². The van der Waals surface area contributed by atoms with Crippen LogP contribution in [-0.2, 0) is 4.79 Å². The third-order valence-corrected chi connectivity index (χ3v) is 4.34. The number of carbonyl (C=O) groups excluding carboxylic acids is 2. The molecule has 0 aliphatic heterocycles. The number of hydrogen-bond donors (Lipinski definition) is 3. The number of hydrazine groups is 1. The van der Waals surface area contributed by atoms with Crippen LogP contribution >= 0.6 is 12.2 Å². The minimum Gasteiger partial charge on any atom is -0.491 e. The van der Waals surface area contributed by atoms with E-state index in [-0.39, 0.29) is 17.8 Å². The zero-order chi connectivity index (χ0) is 22.1. The van der Waals surface area contributed by atoms with E-state index >= 15 is 0 Å². The molecule has 0 heterocycles. The highest BCUT2D eigenvalue weighted by atomic mass is 32.1. The van der Waals surface area contributed by atoms with Crippen molar-refractivity contribution >= 4 is 29.1 Å². The molecule has 0 spiro atoms. The van der Waals surface area contributed by atoms with Crippen LogP contribution in [0.2, 0.25) is 0 Å². The average Bonchev–Trinajstić information content (AvgIpc) is 2.70. The van der Waals surface area contributed by atoms with Gasteiger partial charge in [-0.1, -0.05) is 13.0 Å². The highest BCUT2D eigenvalue weighted by molar-refractivity contribution is 7.80. The van der Waals surface area contributed by atoms with Crippen molar-refractivity contribution in [1.82, 2.24) is 16.2 Å². The van der Waals surface area contributed by atoms with Crippen molar-refractivity contribution in [2.45, 2.75) is 40.2 Å². The van der Waals surface area contributed by atoms with E-state index < -0.39 is 11.8 Å². The molecule has 2 rings (SSSR count). The molecule has 1 atom stereocenters. The normalized spacial score (nSPS) is 11.2. The van der Waals surface area contributed by atoms with Gasteiger partial charge in [0.25, 0.3) is 11.8 Å². The van der Waals surface area contributed by atoms with Crippen molar-refractivity contribution in [2.75, 3.05) is 6.61 Å². The number of aryl methyl sites for hydroxylation is 2. The lowest BCUT2D eigenvalue weighted by molar-refractivity contribution is -0.123. The molecular weight excluding hydrogens is 402 g/mol. The van der Waals surface area contributed by atoms with E-state index in [1.807, 2.05) is 45.9 Å². The Morgan fingerprint density at radius 1 is 1.00 bits per heavy atom. The van der Waals surface area contributed by atoms with Crippen LogP contribution in [0.25, 0.3) is 0 Å². The van der Waals surface area contributed by atoms with Gasteiger partial charge in [-0.25, -0.2) is 0 Å². The van der Waals surface area contributed by atoms with Crippen molar-refractivity contribution in [2.24, 2.45) is 0 Å². The van der Waals surface area contributed by atoms with Gasteiger partial charge in [0.1, 0.15) is 11.5 Å². The summed E-state index contributed by atoms with van der Waals surface area (Å²) in [6.07, 6.45) is 0.993. The quantitative estimate of drug-likeness (QED) is 0.463. The highest BCUT2D eigenvalue weighted by Gasteiger charge is 2.10. The number of nitrogens with one attached hydrogen (secondary N) is 3. The van der Waals surface area contributed by atoms with Gasteiger partial charge >= 0.3 is 0 Å². The topological polar surface area (TPSA) is 88.7 Å². The maximum Gasteiger partial charge on any atom is 0.276 e. The molecule has 3 N–H and O–H groups in total. The molecule has 0 saturated heterocycles. The Kier molecular flexibility index (Phi) is 8.61. The van der Waals surface area contributed by atoms with Crippen LogP contribution in [0.4, 0.5) is 0 Å². The van der Waals surface area contributed by atoms with Crippen molar-refractivity contribution in [1.29, 1.82) is 0 Å². The Morgan fingerprint density at radius 3 is 2.23 bits per heavy atom. The Balaban J connectivity index is 1.75. The number of rotatable bonds is 7. The van der Waals surface area contributed by atoms with Crippen LogP contribution in [-0.4, -0.2) is 29.6 Å². The van der Waals surface area contributed by atoms with E-state index in [1.165, 1.54) is 0 Å². The third-order valence-electron chi connectivity index (χ3n) is 4.14. The molecule has 0 aromatic heterocycles. The van der Waals surface area contributed by atoms with Crippen molar-refractivity contribution < 1.29 is 19.1 Å². The van der Waals surface area contributed by atoms with Crippen LogP contribution in [0, 0.1) is 13.8 Å². The number of ether oxygens (including phenoxy) is 2. The summed E-state index contributed by atoms with van der Waals surface area (Å²) in [7, 11) is 0. The van der Waals surface area contributed by atoms with Gasteiger partial charge < -0.3 is 9.47 Å². The van der Waals surface area contributed by atoms with Gasteiger partial charge in [0.2, 0.25) is 0 Å². The molecule has 0 radical (unpaired) electrons. The fraction of sp³-hybridized carbons (Fsp3) is 0.318. The second-order valence-corrected chi connectivity index (χ2v) is 7.34. The minimum absolute atomic E-state index is 0.0281. The van der Waals surface area contributed by atoms with Gasteiger partial charge in [-0.15, -0.1) is 0 Å². The Bertz CT molecular complexity index is 880. The molecule has 30 heavy (non-hydrogen) atoms. The van der Waals surface area contributed by atoms with E-state index in [1.54, 1.807) is 24.3 Å². The number of thiocarbonyl (C=S) groups is 1. The lowest BCUT2D eigenvalue weighted by atomic mass is 10.1.